The minimum Gasteiger partial charge on any atom is -0.463 e. The monoisotopic (exact) mass is 518 g/mol. The summed E-state index contributed by atoms with van der Waals surface area (Å²) in [7, 11) is -0.140. The summed E-state index contributed by atoms with van der Waals surface area (Å²) in [4.78, 5) is 24.1. The molecular weight excluding hydrogens is 471 g/mol. The number of benzene rings is 1. The van der Waals surface area contributed by atoms with E-state index in [1.807, 2.05) is 35.2 Å². The molecule has 9 heteroatoms. The third-order valence-electron chi connectivity index (χ3n) is 7.40. The Labute approximate surface area is 223 Å². The molecule has 3 rings (SSSR count). The number of ether oxygens (including phenoxy) is 2. The largest absolute Gasteiger partial charge is 0.463 e. The van der Waals surface area contributed by atoms with Crippen molar-refractivity contribution in [3.63, 3.8) is 0 Å². The summed E-state index contributed by atoms with van der Waals surface area (Å²) in [6.07, 6.45) is 7.36. The molecule has 2 N–H and O–H groups in total. The van der Waals surface area contributed by atoms with Crippen molar-refractivity contribution in [1.29, 1.82) is 0 Å². The molecule has 2 heterocycles. The molecule has 0 bridgehead atoms. The molecule has 2 fully saturated rings. The molecule has 0 aliphatic carbocycles. The number of hydrogen-bond donors (Lipinski definition) is 1. The second kappa shape index (κ2) is 15.3. The van der Waals surface area contributed by atoms with E-state index in [-0.39, 0.29) is 36.5 Å². The fraction of sp³-hybridized carbons (Fsp3) is 0.714. The van der Waals surface area contributed by atoms with Crippen molar-refractivity contribution in [3.05, 3.63) is 35.9 Å². The van der Waals surface area contributed by atoms with Gasteiger partial charge >= 0.3 is 13.2 Å². The highest BCUT2D eigenvalue weighted by molar-refractivity contribution is 6.45. The molecule has 2 atom stereocenters. The second-order valence-corrected chi connectivity index (χ2v) is 11.0. The first kappa shape index (κ1) is 31.1. The van der Waals surface area contributed by atoms with Crippen LogP contribution in [0.1, 0.15) is 85.1 Å². The molecule has 0 unspecified atom stereocenters. The zero-order valence-corrected chi connectivity index (χ0v) is 23.4. The van der Waals surface area contributed by atoms with Crippen molar-refractivity contribution < 1.29 is 28.4 Å². The van der Waals surface area contributed by atoms with Crippen LogP contribution >= 0.6 is 0 Å². The van der Waals surface area contributed by atoms with Gasteiger partial charge in [0.1, 0.15) is 6.61 Å². The minimum atomic E-state index is -0.271. The standard InChI is InChI=1S/C20H39BN2O4.C8H8O2/c1-6-7-14-25-18(24)23-13-11-16(22)15-17(23)10-8-9-12-21-26-19(2,3)20(4,5)27-21;9-7-10-6-8-4-2-1-3-5-8/h16-17H,6-15,22H2,1-5H3;1-5,7H,6H2/t16-,17-;/m0./s1. The van der Waals surface area contributed by atoms with Crippen molar-refractivity contribution in [2.45, 2.75) is 116 Å². The van der Waals surface area contributed by atoms with E-state index in [2.05, 4.69) is 39.4 Å². The van der Waals surface area contributed by atoms with Gasteiger partial charge in [-0.3, -0.25) is 4.79 Å². The molecule has 2 aliphatic heterocycles. The SMILES string of the molecule is CCCCOC(=O)N1CC[C@H](N)C[C@@H]1CCCCB1OC(C)(C)C(C)(C)O1.O=COCc1ccccc1. The Bertz CT molecular complexity index is 791. The van der Waals surface area contributed by atoms with Crippen molar-refractivity contribution >= 4 is 19.7 Å². The second-order valence-electron chi connectivity index (χ2n) is 11.0. The van der Waals surface area contributed by atoms with Gasteiger partial charge in [0.25, 0.3) is 6.47 Å². The van der Waals surface area contributed by atoms with Crippen molar-refractivity contribution in [2.75, 3.05) is 13.2 Å². The fourth-order valence-corrected chi connectivity index (χ4v) is 4.46. The van der Waals surface area contributed by atoms with E-state index in [0.29, 0.717) is 26.2 Å². The van der Waals surface area contributed by atoms with Crippen LogP contribution in [0.4, 0.5) is 4.79 Å². The molecule has 0 radical (unpaired) electrons. The summed E-state index contributed by atoms with van der Waals surface area (Å²) in [5.74, 6) is 0. The molecule has 1 amide bonds. The van der Waals surface area contributed by atoms with Crippen LogP contribution in [0.2, 0.25) is 6.32 Å². The smallest absolute Gasteiger partial charge is 0.457 e. The third kappa shape index (κ3) is 10.3. The van der Waals surface area contributed by atoms with Gasteiger partial charge in [-0.1, -0.05) is 56.5 Å². The number of amides is 1. The van der Waals surface area contributed by atoms with E-state index >= 15 is 0 Å². The number of rotatable bonds is 11. The average Bonchev–Trinajstić information content (AvgIpc) is 3.07. The summed E-state index contributed by atoms with van der Waals surface area (Å²) >= 11 is 0. The number of likely N-dealkylation sites (tertiary alicyclic amines) is 1. The van der Waals surface area contributed by atoms with E-state index < -0.39 is 0 Å². The van der Waals surface area contributed by atoms with E-state index in [1.165, 1.54) is 0 Å². The first-order valence-electron chi connectivity index (χ1n) is 13.7. The first-order chi connectivity index (χ1) is 17.6. The lowest BCUT2D eigenvalue weighted by atomic mass is 9.81. The predicted octanol–water partition coefficient (Wildman–Crippen LogP) is 5.34. The highest BCUT2D eigenvalue weighted by Crippen LogP contribution is 2.38. The van der Waals surface area contributed by atoms with Gasteiger partial charge in [-0.25, -0.2) is 4.79 Å². The molecule has 0 saturated carbocycles. The van der Waals surface area contributed by atoms with Crippen molar-refractivity contribution in [2.24, 2.45) is 5.73 Å². The lowest BCUT2D eigenvalue weighted by Gasteiger charge is -2.37. The van der Waals surface area contributed by atoms with Gasteiger partial charge in [0, 0.05) is 18.6 Å². The highest BCUT2D eigenvalue weighted by atomic mass is 16.7. The van der Waals surface area contributed by atoms with Crippen LogP contribution in [0, 0.1) is 0 Å². The highest BCUT2D eigenvalue weighted by Gasteiger charge is 2.50. The molecule has 8 nitrogen and oxygen atoms in total. The minimum absolute atomic E-state index is 0.140. The molecule has 208 valence electrons. The third-order valence-corrected chi connectivity index (χ3v) is 7.40. The lowest BCUT2D eigenvalue weighted by Crippen LogP contribution is -2.49. The van der Waals surface area contributed by atoms with E-state index in [9.17, 15) is 9.59 Å². The molecule has 0 spiro atoms. The van der Waals surface area contributed by atoms with Gasteiger partial charge < -0.3 is 29.4 Å². The molecule has 1 aromatic rings. The van der Waals surface area contributed by atoms with Crippen LogP contribution < -0.4 is 5.73 Å². The number of hydrogen-bond acceptors (Lipinski definition) is 7. The van der Waals surface area contributed by atoms with Crippen LogP contribution in [0.5, 0.6) is 0 Å². The molecule has 37 heavy (non-hydrogen) atoms. The topological polar surface area (TPSA) is 100 Å². The van der Waals surface area contributed by atoms with Crippen LogP contribution in [-0.2, 0) is 30.2 Å². The van der Waals surface area contributed by atoms with Gasteiger partial charge in [-0.15, -0.1) is 0 Å². The quantitative estimate of drug-likeness (QED) is 0.240. The number of carbonyl (C=O) groups excluding carboxylic acids is 2. The maximum atomic E-state index is 12.4. The Morgan fingerprint density at radius 3 is 2.43 bits per heavy atom. The van der Waals surface area contributed by atoms with Crippen molar-refractivity contribution in [3.8, 4) is 0 Å². The fourth-order valence-electron chi connectivity index (χ4n) is 4.46. The number of nitrogens with zero attached hydrogens (tertiary/aromatic N) is 1. The Hall–Kier alpha value is -2.10. The van der Waals surface area contributed by atoms with Gasteiger partial charge in [-0.05, 0) is 65.3 Å². The normalized spacial score (nSPS) is 22.1. The average molecular weight is 519 g/mol. The van der Waals surface area contributed by atoms with Crippen LogP contribution in [0.25, 0.3) is 0 Å². The van der Waals surface area contributed by atoms with Gasteiger partial charge in [0.15, 0.2) is 0 Å². The van der Waals surface area contributed by atoms with E-state index in [1.54, 1.807) is 0 Å². The molecular formula is C28H47BN2O6. The summed E-state index contributed by atoms with van der Waals surface area (Å²) in [6, 6.07) is 9.91. The Morgan fingerprint density at radius 1 is 1.14 bits per heavy atom. The maximum absolute atomic E-state index is 12.4. The number of unbranched alkanes of at least 4 members (excludes halogenated alkanes) is 2. The summed E-state index contributed by atoms with van der Waals surface area (Å²) in [6.45, 7) is 12.4. The van der Waals surface area contributed by atoms with Crippen LogP contribution in [-0.4, -0.2) is 61.0 Å². The Kier molecular flexibility index (Phi) is 12.9. The van der Waals surface area contributed by atoms with Crippen molar-refractivity contribution in [1.82, 2.24) is 4.90 Å². The van der Waals surface area contributed by atoms with Gasteiger partial charge in [-0.2, -0.15) is 0 Å². The predicted molar refractivity (Wildman–Crippen MR) is 146 cm³/mol. The zero-order chi connectivity index (χ0) is 27.3. The van der Waals surface area contributed by atoms with Gasteiger partial charge in [0.2, 0.25) is 0 Å². The van der Waals surface area contributed by atoms with Gasteiger partial charge in [0.05, 0.1) is 17.8 Å². The maximum Gasteiger partial charge on any atom is 0.457 e. The van der Waals surface area contributed by atoms with Crippen LogP contribution in [0.15, 0.2) is 30.3 Å². The molecule has 0 aromatic heterocycles. The molecule has 2 saturated heterocycles. The number of nitrogens with two attached hydrogens (primary N) is 1. The van der Waals surface area contributed by atoms with E-state index in [4.69, 9.17) is 19.8 Å². The number of piperidine rings is 1. The summed E-state index contributed by atoms with van der Waals surface area (Å²) < 4.78 is 22.1. The summed E-state index contributed by atoms with van der Waals surface area (Å²) in [5, 5.41) is 0. The van der Waals surface area contributed by atoms with Crippen LogP contribution in [0.3, 0.4) is 0 Å². The van der Waals surface area contributed by atoms with E-state index in [0.717, 1.165) is 56.8 Å². The molecule has 2 aliphatic rings. The lowest BCUT2D eigenvalue weighted by molar-refractivity contribution is -0.129. The number of carbonyl (C=O) groups is 2. The summed E-state index contributed by atoms with van der Waals surface area (Å²) in [5.41, 5.74) is 6.62. The first-order valence-corrected chi connectivity index (χ1v) is 13.7. The molecule has 1 aromatic carbocycles. The zero-order valence-electron chi connectivity index (χ0n) is 23.4. The Balaban J connectivity index is 0.000000402. The Morgan fingerprint density at radius 2 is 1.81 bits per heavy atom.